The highest BCUT2D eigenvalue weighted by atomic mass is 35.5. The minimum Gasteiger partial charge on any atom is -0.355 e. The molecule has 1 aromatic carbocycles. The third-order valence-electron chi connectivity index (χ3n) is 3.64. The minimum absolute atomic E-state index is 0.0901. The summed E-state index contributed by atoms with van der Waals surface area (Å²) in [7, 11) is 0. The van der Waals surface area contributed by atoms with Crippen molar-refractivity contribution in [2.24, 2.45) is 5.41 Å². The number of aromatic nitrogens is 2. The molecule has 8 heteroatoms. The van der Waals surface area contributed by atoms with E-state index in [0.717, 1.165) is 5.56 Å². The summed E-state index contributed by atoms with van der Waals surface area (Å²) >= 11 is 12.1. The Balaban J connectivity index is 1.92. The monoisotopic (exact) mass is 396 g/mol. The van der Waals surface area contributed by atoms with Crippen LogP contribution in [0.15, 0.2) is 30.5 Å². The van der Waals surface area contributed by atoms with Gasteiger partial charge in [0.2, 0.25) is 11.8 Å². The molecule has 2 amide bonds. The Morgan fingerprint density at radius 1 is 1.19 bits per heavy atom. The largest absolute Gasteiger partial charge is 0.355 e. The predicted molar refractivity (Wildman–Crippen MR) is 104 cm³/mol. The second kappa shape index (κ2) is 8.56. The molecule has 1 heterocycles. The highest BCUT2D eigenvalue weighted by Gasteiger charge is 2.20. The van der Waals surface area contributed by atoms with Crippen LogP contribution in [0.25, 0.3) is 0 Å². The Morgan fingerprint density at radius 2 is 1.92 bits per heavy atom. The predicted octanol–water partition coefficient (Wildman–Crippen LogP) is 3.73. The number of nitrogens with zero attached hydrogens (tertiary/aromatic N) is 2. The third kappa shape index (κ3) is 5.75. The first-order valence-corrected chi connectivity index (χ1v) is 8.96. The lowest BCUT2D eigenvalue weighted by molar-refractivity contribution is -0.128. The van der Waals surface area contributed by atoms with E-state index < -0.39 is 5.41 Å². The number of hydrogen-bond donors (Lipinski definition) is 2. The SMILES string of the molecule is CC(C)(C)C(=O)NCCC(=O)Nc1ccnn1Cc1ccc(Cl)cc1Cl. The van der Waals surface area contributed by atoms with E-state index >= 15 is 0 Å². The fourth-order valence-electron chi connectivity index (χ4n) is 2.14. The summed E-state index contributed by atoms with van der Waals surface area (Å²) in [6, 6.07) is 6.94. The zero-order valence-electron chi connectivity index (χ0n) is 15.0. The molecule has 0 atom stereocenters. The molecule has 2 aromatic rings. The molecule has 2 N–H and O–H groups in total. The molecule has 26 heavy (non-hydrogen) atoms. The first kappa shape index (κ1) is 20.3. The van der Waals surface area contributed by atoms with E-state index in [1.165, 1.54) is 0 Å². The Hall–Kier alpha value is -2.05. The van der Waals surface area contributed by atoms with E-state index in [2.05, 4.69) is 15.7 Å². The molecule has 0 bridgehead atoms. The van der Waals surface area contributed by atoms with Gasteiger partial charge in [-0.1, -0.05) is 50.0 Å². The second-order valence-electron chi connectivity index (χ2n) is 6.91. The number of benzene rings is 1. The van der Waals surface area contributed by atoms with E-state index in [1.54, 1.807) is 29.1 Å². The number of halogens is 2. The number of carbonyl (C=O) groups excluding carboxylic acids is 2. The van der Waals surface area contributed by atoms with Crippen LogP contribution in [0, 0.1) is 5.41 Å². The quantitative estimate of drug-likeness (QED) is 0.780. The molecule has 0 fully saturated rings. The van der Waals surface area contributed by atoms with Crippen molar-refractivity contribution in [3.63, 3.8) is 0 Å². The van der Waals surface area contributed by atoms with Gasteiger partial charge >= 0.3 is 0 Å². The van der Waals surface area contributed by atoms with E-state index in [9.17, 15) is 9.59 Å². The summed E-state index contributed by atoms with van der Waals surface area (Å²) in [5.41, 5.74) is 0.361. The standard InChI is InChI=1S/C18H22Cl2N4O2/c1-18(2,3)17(26)21-8-7-16(25)23-15-6-9-22-24(15)11-12-4-5-13(19)10-14(12)20/h4-6,9-10H,7-8,11H2,1-3H3,(H,21,26)(H,23,25). The van der Waals surface area contributed by atoms with Crippen LogP contribution in [0.1, 0.15) is 32.8 Å². The summed E-state index contributed by atoms with van der Waals surface area (Å²) in [5, 5.41) is 10.9. The molecule has 0 aliphatic carbocycles. The number of amides is 2. The summed E-state index contributed by atoms with van der Waals surface area (Å²) in [6.45, 7) is 6.15. The first-order valence-electron chi connectivity index (χ1n) is 8.20. The van der Waals surface area contributed by atoms with Crippen molar-refractivity contribution >= 4 is 40.8 Å². The van der Waals surface area contributed by atoms with Gasteiger partial charge in [0, 0.05) is 34.5 Å². The number of anilines is 1. The highest BCUT2D eigenvalue weighted by molar-refractivity contribution is 6.35. The molecular formula is C18H22Cl2N4O2. The summed E-state index contributed by atoms with van der Waals surface area (Å²) in [6.07, 6.45) is 1.77. The first-order chi connectivity index (χ1) is 12.2. The summed E-state index contributed by atoms with van der Waals surface area (Å²) in [4.78, 5) is 23.9. The smallest absolute Gasteiger partial charge is 0.227 e. The molecule has 1 aromatic heterocycles. The average molecular weight is 397 g/mol. The molecule has 0 unspecified atom stereocenters. The average Bonchev–Trinajstić information content (AvgIpc) is 2.96. The Labute approximate surface area is 162 Å². The lowest BCUT2D eigenvalue weighted by atomic mass is 9.96. The van der Waals surface area contributed by atoms with Gasteiger partial charge in [-0.15, -0.1) is 0 Å². The summed E-state index contributed by atoms with van der Waals surface area (Å²) < 4.78 is 1.64. The Kier molecular flexibility index (Phi) is 6.67. The van der Waals surface area contributed by atoms with E-state index in [0.29, 0.717) is 22.4 Å². The van der Waals surface area contributed by atoms with Crippen molar-refractivity contribution in [2.45, 2.75) is 33.7 Å². The van der Waals surface area contributed by atoms with Gasteiger partial charge in [-0.25, -0.2) is 4.68 Å². The molecule has 0 aliphatic rings. The number of hydrogen-bond acceptors (Lipinski definition) is 3. The van der Waals surface area contributed by atoms with Crippen molar-refractivity contribution in [1.82, 2.24) is 15.1 Å². The lowest BCUT2D eigenvalue weighted by Crippen LogP contribution is -2.36. The van der Waals surface area contributed by atoms with Crippen LogP contribution in [-0.2, 0) is 16.1 Å². The van der Waals surface area contributed by atoms with Crippen molar-refractivity contribution < 1.29 is 9.59 Å². The molecule has 6 nitrogen and oxygen atoms in total. The number of rotatable bonds is 6. The fourth-order valence-corrected chi connectivity index (χ4v) is 2.60. The normalized spacial score (nSPS) is 11.3. The lowest BCUT2D eigenvalue weighted by Gasteiger charge is -2.17. The van der Waals surface area contributed by atoms with E-state index in [4.69, 9.17) is 23.2 Å². The second-order valence-corrected chi connectivity index (χ2v) is 7.76. The third-order valence-corrected chi connectivity index (χ3v) is 4.23. The van der Waals surface area contributed by atoms with Crippen LogP contribution in [0.2, 0.25) is 10.0 Å². The zero-order chi connectivity index (χ0) is 19.3. The molecule has 0 radical (unpaired) electrons. The summed E-state index contributed by atoms with van der Waals surface area (Å²) in [5.74, 6) is 0.263. The maximum Gasteiger partial charge on any atom is 0.227 e. The highest BCUT2D eigenvalue weighted by Crippen LogP contribution is 2.22. The van der Waals surface area contributed by atoms with Crippen LogP contribution in [0.3, 0.4) is 0 Å². The molecular weight excluding hydrogens is 375 g/mol. The molecule has 140 valence electrons. The maximum absolute atomic E-state index is 12.1. The van der Waals surface area contributed by atoms with Crippen LogP contribution in [0.5, 0.6) is 0 Å². The molecule has 0 saturated heterocycles. The van der Waals surface area contributed by atoms with Gasteiger partial charge in [0.25, 0.3) is 0 Å². The molecule has 0 aliphatic heterocycles. The van der Waals surface area contributed by atoms with Gasteiger partial charge in [-0.2, -0.15) is 5.10 Å². The minimum atomic E-state index is -0.479. The van der Waals surface area contributed by atoms with Gasteiger partial charge in [-0.3, -0.25) is 9.59 Å². The van der Waals surface area contributed by atoms with Gasteiger partial charge < -0.3 is 10.6 Å². The van der Waals surface area contributed by atoms with Gasteiger partial charge in [0.15, 0.2) is 0 Å². The van der Waals surface area contributed by atoms with Gasteiger partial charge in [-0.05, 0) is 17.7 Å². The van der Waals surface area contributed by atoms with Crippen LogP contribution >= 0.6 is 23.2 Å². The number of nitrogens with one attached hydrogen (secondary N) is 2. The molecule has 0 spiro atoms. The molecule has 0 saturated carbocycles. The van der Waals surface area contributed by atoms with E-state index in [-0.39, 0.29) is 24.8 Å². The van der Waals surface area contributed by atoms with Crippen molar-refractivity contribution in [1.29, 1.82) is 0 Å². The topological polar surface area (TPSA) is 76.0 Å². The Morgan fingerprint density at radius 3 is 2.58 bits per heavy atom. The maximum atomic E-state index is 12.1. The van der Waals surface area contributed by atoms with E-state index in [1.807, 2.05) is 26.8 Å². The van der Waals surface area contributed by atoms with Crippen molar-refractivity contribution in [3.8, 4) is 0 Å². The van der Waals surface area contributed by atoms with Crippen LogP contribution in [-0.4, -0.2) is 28.1 Å². The molecule has 2 rings (SSSR count). The van der Waals surface area contributed by atoms with Gasteiger partial charge in [0.05, 0.1) is 12.7 Å². The fraction of sp³-hybridized carbons (Fsp3) is 0.389. The zero-order valence-corrected chi connectivity index (χ0v) is 16.5. The van der Waals surface area contributed by atoms with Crippen LogP contribution < -0.4 is 10.6 Å². The van der Waals surface area contributed by atoms with Crippen molar-refractivity contribution in [3.05, 3.63) is 46.1 Å². The Bertz CT molecular complexity index is 797. The van der Waals surface area contributed by atoms with Crippen molar-refractivity contribution in [2.75, 3.05) is 11.9 Å². The van der Waals surface area contributed by atoms with Crippen LogP contribution in [0.4, 0.5) is 5.82 Å². The number of carbonyl (C=O) groups is 2. The van der Waals surface area contributed by atoms with Gasteiger partial charge in [0.1, 0.15) is 5.82 Å².